The van der Waals surface area contributed by atoms with Crippen LogP contribution in [-0.4, -0.2) is 36.4 Å². The van der Waals surface area contributed by atoms with Crippen molar-refractivity contribution in [1.29, 1.82) is 0 Å². The largest absolute Gasteiger partial charge is 0.354 e. The van der Waals surface area contributed by atoms with Crippen molar-refractivity contribution in [3.63, 3.8) is 0 Å². The molecular weight excluding hydrogens is 200 g/mol. The van der Waals surface area contributed by atoms with Crippen LogP contribution in [0.1, 0.15) is 6.42 Å². The summed E-state index contributed by atoms with van der Waals surface area (Å²) >= 11 is 5.67. The van der Waals surface area contributed by atoms with E-state index < -0.39 is 0 Å². The highest BCUT2D eigenvalue weighted by molar-refractivity contribution is 6.29. The van der Waals surface area contributed by atoms with Crippen LogP contribution in [0, 0.1) is 0 Å². The third kappa shape index (κ3) is 1.96. The maximum atomic E-state index is 5.67. The molecule has 0 aliphatic carbocycles. The van der Waals surface area contributed by atoms with E-state index in [2.05, 4.69) is 20.4 Å². The van der Waals surface area contributed by atoms with Gasteiger partial charge in [-0.1, -0.05) is 11.6 Å². The molecule has 14 heavy (non-hydrogen) atoms. The standard InChI is InChI=1S/C9H13ClN4/c1-14(7-4-5-11-6-7)9-3-2-8(10)12-13-9/h2-3,7,11H,4-6H2,1H3/t7-/m0/s1. The molecule has 0 saturated carbocycles. The molecule has 1 N–H and O–H groups in total. The van der Waals surface area contributed by atoms with Gasteiger partial charge in [0, 0.05) is 19.6 Å². The van der Waals surface area contributed by atoms with Crippen LogP contribution in [0.4, 0.5) is 5.82 Å². The molecule has 1 aliphatic heterocycles. The quantitative estimate of drug-likeness (QED) is 0.792. The van der Waals surface area contributed by atoms with E-state index in [4.69, 9.17) is 11.6 Å². The zero-order chi connectivity index (χ0) is 9.97. The third-order valence-corrected chi connectivity index (χ3v) is 2.76. The van der Waals surface area contributed by atoms with Crippen molar-refractivity contribution in [3.8, 4) is 0 Å². The monoisotopic (exact) mass is 212 g/mol. The van der Waals surface area contributed by atoms with Gasteiger partial charge in [-0.3, -0.25) is 0 Å². The number of likely N-dealkylation sites (N-methyl/N-ethyl adjacent to an activating group) is 1. The van der Waals surface area contributed by atoms with Crippen molar-refractivity contribution in [3.05, 3.63) is 17.3 Å². The number of nitrogens with zero attached hydrogens (tertiary/aromatic N) is 3. The van der Waals surface area contributed by atoms with Crippen molar-refractivity contribution >= 4 is 17.4 Å². The van der Waals surface area contributed by atoms with E-state index in [0.29, 0.717) is 11.2 Å². The molecule has 2 rings (SSSR count). The van der Waals surface area contributed by atoms with Crippen molar-refractivity contribution in [2.75, 3.05) is 25.0 Å². The molecule has 4 nitrogen and oxygen atoms in total. The molecule has 0 amide bonds. The van der Waals surface area contributed by atoms with Crippen LogP contribution in [0.25, 0.3) is 0 Å². The number of hydrogen-bond acceptors (Lipinski definition) is 4. The predicted octanol–water partition coefficient (Wildman–Crippen LogP) is 0.928. The Morgan fingerprint density at radius 1 is 1.50 bits per heavy atom. The number of halogens is 1. The van der Waals surface area contributed by atoms with E-state index in [9.17, 15) is 0 Å². The average molecular weight is 213 g/mol. The Hall–Kier alpha value is -0.870. The molecule has 1 aliphatic rings. The topological polar surface area (TPSA) is 41.1 Å². The zero-order valence-electron chi connectivity index (χ0n) is 8.07. The van der Waals surface area contributed by atoms with Crippen LogP contribution in [0.15, 0.2) is 12.1 Å². The van der Waals surface area contributed by atoms with Gasteiger partial charge < -0.3 is 10.2 Å². The van der Waals surface area contributed by atoms with E-state index in [0.717, 1.165) is 25.3 Å². The van der Waals surface area contributed by atoms with Crippen LogP contribution in [0.2, 0.25) is 5.15 Å². The molecule has 1 atom stereocenters. The van der Waals surface area contributed by atoms with Crippen molar-refractivity contribution in [2.45, 2.75) is 12.5 Å². The summed E-state index contributed by atoms with van der Waals surface area (Å²) in [5.74, 6) is 0.878. The Morgan fingerprint density at radius 2 is 2.36 bits per heavy atom. The Morgan fingerprint density at radius 3 is 2.93 bits per heavy atom. The van der Waals surface area contributed by atoms with Gasteiger partial charge in [-0.2, -0.15) is 0 Å². The van der Waals surface area contributed by atoms with Gasteiger partial charge in [-0.05, 0) is 25.1 Å². The Bertz CT molecular complexity index is 294. The number of rotatable bonds is 2. The van der Waals surface area contributed by atoms with Crippen molar-refractivity contribution in [2.24, 2.45) is 0 Å². The summed E-state index contributed by atoms with van der Waals surface area (Å²) in [4.78, 5) is 2.14. The number of hydrogen-bond donors (Lipinski definition) is 1. The fourth-order valence-electron chi connectivity index (χ4n) is 1.65. The van der Waals surface area contributed by atoms with Crippen LogP contribution in [-0.2, 0) is 0 Å². The molecule has 1 saturated heterocycles. The first-order valence-corrected chi connectivity index (χ1v) is 5.08. The van der Waals surface area contributed by atoms with Gasteiger partial charge in [-0.25, -0.2) is 0 Å². The van der Waals surface area contributed by atoms with Crippen LogP contribution < -0.4 is 10.2 Å². The second-order valence-corrected chi connectivity index (χ2v) is 3.86. The molecule has 0 radical (unpaired) electrons. The highest BCUT2D eigenvalue weighted by Crippen LogP contribution is 2.15. The number of nitrogens with one attached hydrogen (secondary N) is 1. The van der Waals surface area contributed by atoms with Gasteiger partial charge in [0.1, 0.15) is 0 Å². The number of aromatic nitrogens is 2. The van der Waals surface area contributed by atoms with E-state index >= 15 is 0 Å². The predicted molar refractivity (Wildman–Crippen MR) is 56.7 cm³/mol. The van der Waals surface area contributed by atoms with Crippen molar-refractivity contribution < 1.29 is 0 Å². The second-order valence-electron chi connectivity index (χ2n) is 3.47. The minimum absolute atomic E-state index is 0.437. The van der Waals surface area contributed by atoms with Gasteiger partial charge in [-0.15, -0.1) is 10.2 Å². The summed E-state index contributed by atoms with van der Waals surface area (Å²) in [5, 5.41) is 11.6. The van der Waals surface area contributed by atoms with Gasteiger partial charge in [0.2, 0.25) is 0 Å². The fourth-order valence-corrected chi connectivity index (χ4v) is 1.75. The SMILES string of the molecule is CN(c1ccc(Cl)nn1)[C@H]1CCNC1. The lowest BCUT2D eigenvalue weighted by Gasteiger charge is -2.23. The molecule has 2 heterocycles. The van der Waals surface area contributed by atoms with Crippen LogP contribution >= 0.6 is 11.6 Å². The van der Waals surface area contributed by atoms with E-state index in [1.807, 2.05) is 13.1 Å². The zero-order valence-corrected chi connectivity index (χ0v) is 8.83. The van der Waals surface area contributed by atoms with Gasteiger partial charge in [0.05, 0.1) is 0 Å². The first-order chi connectivity index (χ1) is 6.77. The first-order valence-electron chi connectivity index (χ1n) is 4.70. The Balaban J connectivity index is 2.09. The molecule has 1 fully saturated rings. The molecule has 0 spiro atoms. The fraction of sp³-hybridized carbons (Fsp3) is 0.556. The first kappa shape index (κ1) is 9.68. The molecule has 1 aromatic heterocycles. The lowest BCUT2D eigenvalue weighted by molar-refractivity contribution is 0.672. The minimum Gasteiger partial charge on any atom is -0.354 e. The number of anilines is 1. The molecule has 1 aromatic rings. The Labute approximate surface area is 88.3 Å². The molecule has 0 aromatic carbocycles. The Kier molecular flexibility index (Phi) is 2.84. The smallest absolute Gasteiger partial charge is 0.151 e. The maximum absolute atomic E-state index is 5.67. The summed E-state index contributed by atoms with van der Waals surface area (Å²) in [6.07, 6.45) is 1.15. The van der Waals surface area contributed by atoms with Crippen molar-refractivity contribution in [1.82, 2.24) is 15.5 Å². The molecule has 76 valence electrons. The van der Waals surface area contributed by atoms with E-state index in [-0.39, 0.29) is 0 Å². The van der Waals surface area contributed by atoms with E-state index in [1.54, 1.807) is 6.07 Å². The van der Waals surface area contributed by atoms with Crippen LogP contribution in [0.5, 0.6) is 0 Å². The van der Waals surface area contributed by atoms with E-state index in [1.165, 1.54) is 0 Å². The third-order valence-electron chi connectivity index (χ3n) is 2.56. The highest BCUT2D eigenvalue weighted by Gasteiger charge is 2.20. The summed E-state index contributed by atoms with van der Waals surface area (Å²) < 4.78 is 0. The summed E-state index contributed by atoms with van der Waals surface area (Å²) in [5.41, 5.74) is 0. The maximum Gasteiger partial charge on any atom is 0.151 e. The lowest BCUT2D eigenvalue weighted by Crippen LogP contribution is -2.33. The highest BCUT2D eigenvalue weighted by atomic mass is 35.5. The summed E-state index contributed by atoms with van der Waals surface area (Å²) in [6, 6.07) is 4.18. The van der Waals surface area contributed by atoms with Gasteiger partial charge in [0.25, 0.3) is 0 Å². The molecule has 0 unspecified atom stereocenters. The van der Waals surface area contributed by atoms with Crippen LogP contribution in [0.3, 0.4) is 0 Å². The normalized spacial score (nSPS) is 21.1. The van der Waals surface area contributed by atoms with Gasteiger partial charge in [0.15, 0.2) is 11.0 Å². The summed E-state index contributed by atoms with van der Waals surface area (Å²) in [6.45, 7) is 2.09. The summed E-state index contributed by atoms with van der Waals surface area (Å²) in [7, 11) is 2.04. The lowest BCUT2D eigenvalue weighted by atomic mass is 10.2. The minimum atomic E-state index is 0.437. The molecule has 0 bridgehead atoms. The second kappa shape index (κ2) is 4.11. The van der Waals surface area contributed by atoms with Gasteiger partial charge >= 0.3 is 0 Å². The molecular formula is C9H13ClN4. The average Bonchev–Trinajstić information content (AvgIpc) is 2.71. The molecule has 5 heteroatoms.